The number of carbonyl (C=O) groups is 2. The SMILES string of the molecule is CCCC1CCN(C(=O)CC2(CC(=O)O)CCCC2)CC1. The lowest BCUT2D eigenvalue weighted by molar-refractivity contribution is -0.141. The molecule has 2 rings (SSSR count). The number of carbonyl (C=O) groups excluding carboxylic acids is 1. The third-order valence-corrected chi connectivity index (χ3v) is 5.38. The van der Waals surface area contributed by atoms with E-state index in [9.17, 15) is 9.59 Å². The van der Waals surface area contributed by atoms with Gasteiger partial charge in [-0.15, -0.1) is 0 Å². The van der Waals surface area contributed by atoms with Crippen LogP contribution in [0.1, 0.15) is 71.1 Å². The first-order valence-corrected chi connectivity index (χ1v) is 8.54. The zero-order valence-corrected chi connectivity index (χ0v) is 13.3. The van der Waals surface area contributed by atoms with Crippen molar-refractivity contribution in [1.29, 1.82) is 0 Å². The molecule has 0 aromatic carbocycles. The predicted octanol–water partition coefficient (Wildman–Crippen LogP) is 3.45. The maximum atomic E-state index is 12.5. The molecule has 1 heterocycles. The average Bonchev–Trinajstić information content (AvgIpc) is 2.87. The van der Waals surface area contributed by atoms with E-state index in [0.29, 0.717) is 6.42 Å². The third-order valence-electron chi connectivity index (χ3n) is 5.38. The van der Waals surface area contributed by atoms with Crippen molar-refractivity contribution in [2.75, 3.05) is 13.1 Å². The van der Waals surface area contributed by atoms with Gasteiger partial charge in [-0.25, -0.2) is 0 Å². The number of carboxylic acids is 1. The Labute approximate surface area is 127 Å². The second kappa shape index (κ2) is 7.28. The summed E-state index contributed by atoms with van der Waals surface area (Å²) in [4.78, 5) is 25.6. The Hall–Kier alpha value is -1.06. The molecule has 1 saturated carbocycles. The molecule has 2 aliphatic rings. The van der Waals surface area contributed by atoms with Crippen molar-refractivity contribution in [1.82, 2.24) is 4.90 Å². The number of nitrogens with zero attached hydrogens (tertiary/aromatic N) is 1. The van der Waals surface area contributed by atoms with Crippen LogP contribution in [0.25, 0.3) is 0 Å². The molecule has 1 saturated heterocycles. The highest BCUT2D eigenvalue weighted by atomic mass is 16.4. The van der Waals surface area contributed by atoms with Crippen LogP contribution in [0, 0.1) is 11.3 Å². The number of aliphatic carboxylic acids is 1. The highest BCUT2D eigenvalue weighted by Crippen LogP contribution is 2.44. The van der Waals surface area contributed by atoms with E-state index in [-0.39, 0.29) is 17.7 Å². The summed E-state index contributed by atoms with van der Waals surface area (Å²) in [6, 6.07) is 0. The number of likely N-dealkylation sites (tertiary alicyclic amines) is 1. The quantitative estimate of drug-likeness (QED) is 0.816. The lowest BCUT2D eigenvalue weighted by atomic mass is 9.79. The molecular weight excluding hydrogens is 266 g/mol. The van der Waals surface area contributed by atoms with Crippen molar-refractivity contribution < 1.29 is 14.7 Å². The Morgan fingerprint density at radius 1 is 1.14 bits per heavy atom. The summed E-state index contributed by atoms with van der Waals surface area (Å²) in [5, 5.41) is 9.13. The molecule has 0 bridgehead atoms. The smallest absolute Gasteiger partial charge is 0.303 e. The van der Waals surface area contributed by atoms with Gasteiger partial charge in [0.25, 0.3) is 0 Å². The van der Waals surface area contributed by atoms with Crippen LogP contribution in [-0.4, -0.2) is 35.0 Å². The summed E-state index contributed by atoms with van der Waals surface area (Å²) < 4.78 is 0. The summed E-state index contributed by atoms with van der Waals surface area (Å²) in [5.41, 5.74) is -0.261. The van der Waals surface area contributed by atoms with Crippen molar-refractivity contribution >= 4 is 11.9 Å². The molecule has 0 aromatic rings. The van der Waals surface area contributed by atoms with Gasteiger partial charge in [0.15, 0.2) is 0 Å². The molecule has 0 unspecified atom stereocenters. The van der Waals surface area contributed by atoms with Crippen LogP contribution in [0.15, 0.2) is 0 Å². The third kappa shape index (κ3) is 4.45. The molecule has 21 heavy (non-hydrogen) atoms. The van der Waals surface area contributed by atoms with Crippen molar-refractivity contribution in [3.8, 4) is 0 Å². The van der Waals surface area contributed by atoms with Gasteiger partial charge >= 0.3 is 5.97 Å². The monoisotopic (exact) mass is 295 g/mol. The lowest BCUT2D eigenvalue weighted by Crippen LogP contribution is -2.41. The van der Waals surface area contributed by atoms with Gasteiger partial charge in [-0.2, -0.15) is 0 Å². The van der Waals surface area contributed by atoms with Gasteiger partial charge in [0.05, 0.1) is 6.42 Å². The molecule has 1 amide bonds. The molecule has 4 heteroatoms. The molecule has 2 fully saturated rings. The second-order valence-corrected chi connectivity index (χ2v) is 7.07. The number of amides is 1. The Morgan fingerprint density at radius 3 is 2.29 bits per heavy atom. The van der Waals surface area contributed by atoms with E-state index in [1.807, 2.05) is 4.90 Å². The molecule has 4 nitrogen and oxygen atoms in total. The maximum Gasteiger partial charge on any atom is 0.303 e. The Balaban J connectivity index is 1.87. The lowest BCUT2D eigenvalue weighted by Gasteiger charge is -2.35. The van der Waals surface area contributed by atoms with Crippen LogP contribution in [0.4, 0.5) is 0 Å². The van der Waals surface area contributed by atoms with Crippen LogP contribution < -0.4 is 0 Å². The number of rotatable bonds is 6. The van der Waals surface area contributed by atoms with Gasteiger partial charge in [0, 0.05) is 19.5 Å². The predicted molar refractivity (Wildman–Crippen MR) is 82.0 cm³/mol. The van der Waals surface area contributed by atoms with E-state index < -0.39 is 5.97 Å². The van der Waals surface area contributed by atoms with Gasteiger partial charge in [0.1, 0.15) is 0 Å². The Kier molecular flexibility index (Phi) is 5.65. The molecule has 1 aliphatic carbocycles. The largest absolute Gasteiger partial charge is 0.481 e. The standard InChI is InChI=1S/C17H29NO3/c1-2-5-14-6-10-18(11-7-14)15(19)12-17(13-16(20)21)8-3-4-9-17/h14H,2-13H2,1H3,(H,20,21). The highest BCUT2D eigenvalue weighted by Gasteiger charge is 2.39. The highest BCUT2D eigenvalue weighted by molar-refractivity contribution is 5.78. The number of hydrogen-bond acceptors (Lipinski definition) is 2. The molecule has 0 radical (unpaired) electrons. The fourth-order valence-corrected chi connectivity index (χ4v) is 4.17. The Bertz CT molecular complexity index is 366. The van der Waals surface area contributed by atoms with Gasteiger partial charge in [0.2, 0.25) is 5.91 Å². The van der Waals surface area contributed by atoms with E-state index >= 15 is 0 Å². The van der Waals surface area contributed by atoms with Crippen molar-refractivity contribution in [2.45, 2.75) is 71.1 Å². The fraction of sp³-hybridized carbons (Fsp3) is 0.882. The van der Waals surface area contributed by atoms with Crippen LogP contribution in [-0.2, 0) is 9.59 Å². The molecule has 1 aliphatic heterocycles. The topological polar surface area (TPSA) is 57.6 Å². The minimum atomic E-state index is -0.758. The summed E-state index contributed by atoms with van der Waals surface area (Å²) in [6.45, 7) is 3.95. The van der Waals surface area contributed by atoms with Gasteiger partial charge in [-0.05, 0) is 37.0 Å². The van der Waals surface area contributed by atoms with Crippen molar-refractivity contribution in [3.63, 3.8) is 0 Å². The molecular formula is C17H29NO3. The van der Waals surface area contributed by atoms with Crippen LogP contribution in [0.5, 0.6) is 0 Å². The maximum absolute atomic E-state index is 12.5. The second-order valence-electron chi connectivity index (χ2n) is 7.07. The molecule has 0 aromatic heterocycles. The van der Waals surface area contributed by atoms with E-state index in [1.165, 1.54) is 12.8 Å². The first-order valence-electron chi connectivity index (χ1n) is 8.54. The number of piperidine rings is 1. The Morgan fingerprint density at radius 2 is 1.76 bits per heavy atom. The zero-order valence-electron chi connectivity index (χ0n) is 13.3. The fourth-order valence-electron chi connectivity index (χ4n) is 4.17. The van der Waals surface area contributed by atoms with Gasteiger partial charge in [-0.1, -0.05) is 32.6 Å². The average molecular weight is 295 g/mol. The first kappa shape index (κ1) is 16.3. The zero-order chi connectivity index (χ0) is 15.3. The molecule has 0 atom stereocenters. The van der Waals surface area contributed by atoms with Gasteiger partial charge in [-0.3, -0.25) is 9.59 Å². The van der Waals surface area contributed by atoms with Crippen molar-refractivity contribution in [2.24, 2.45) is 11.3 Å². The van der Waals surface area contributed by atoms with Gasteiger partial charge < -0.3 is 10.0 Å². The summed E-state index contributed by atoms with van der Waals surface area (Å²) in [5.74, 6) is 0.206. The minimum absolute atomic E-state index is 0.158. The molecule has 120 valence electrons. The number of carboxylic acid groups (broad SMARTS) is 1. The summed E-state index contributed by atoms with van der Waals surface area (Å²) in [7, 11) is 0. The summed E-state index contributed by atoms with van der Waals surface area (Å²) >= 11 is 0. The molecule has 0 spiro atoms. The van der Waals surface area contributed by atoms with E-state index in [4.69, 9.17) is 5.11 Å². The first-order chi connectivity index (χ1) is 10.0. The number of hydrogen-bond donors (Lipinski definition) is 1. The molecule has 1 N–H and O–H groups in total. The van der Waals surface area contributed by atoms with E-state index in [0.717, 1.165) is 57.5 Å². The van der Waals surface area contributed by atoms with Crippen LogP contribution in [0.3, 0.4) is 0 Å². The van der Waals surface area contributed by atoms with Crippen LogP contribution >= 0.6 is 0 Å². The van der Waals surface area contributed by atoms with Crippen molar-refractivity contribution in [3.05, 3.63) is 0 Å². The van der Waals surface area contributed by atoms with E-state index in [1.54, 1.807) is 0 Å². The normalized spacial score (nSPS) is 22.4. The summed E-state index contributed by atoms with van der Waals surface area (Å²) in [6.07, 6.45) is 9.26. The van der Waals surface area contributed by atoms with E-state index in [2.05, 4.69) is 6.92 Å². The minimum Gasteiger partial charge on any atom is -0.481 e. The van der Waals surface area contributed by atoms with Crippen LogP contribution in [0.2, 0.25) is 0 Å².